The highest BCUT2D eigenvalue weighted by Crippen LogP contribution is 2.27. The van der Waals surface area contributed by atoms with Crippen LogP contribution in [0.3, 0.4) is 0 Å². The minimum atomic E-state index is -1.15. The number of aliphatic hydroxyl groups excluding tert-OH is 1. The lowest BCUT2D eigenvalue weighted by molar-refractivity contribution is -0.0304. The van der Waals surface area contributed by atoms with E-state index in [1.54, 1.807) is 13.0 Å². The van der Waals surface area contributed by atoms with Crippen molar-refractivity contribution in [1.82, 2.24) is 5.48 Å². The molecule has 134 valence electrons. The summed E-state index contributed by atoms with van der Waals surface area (Å²) in [7, 11) is 0. The van der Waals surface area contributed by atoms with Gasteiger partial charge in [0.05, 0.1) is 17.9 Å². The lowest BCUT2D eigenvalue weighted by Gasteiger charge is -2.16. The molecule has 5 nitrogen and oxygen atoms in total. The van der Waals surface area contributed by atoms with Gasteiger partial charge in [-0.05, 0) is 66.3 Å². The second-order valence-corrected chi connectivity index (χ2v) is 6.68. The predicted octanol–water partition coefficient (Wildman–Crippen LogP) is 3.66. The average molecular weight is 462 g/mol. The van der Waals surface area contributed by atoms with Gasteiger partial charge in [-0.3, -0.25) is 9.63 Å². The number of hydroxylamine groups is 1. The van der Waals surface area contributed by atoms with Crippen molar-refractivity contribution < 1.29 is 23.5 Å². The third kappa shape index (κ3) is 5.10. The number of benzene rings is 2. The second kappa shape index (κ2) is 8.54. The number of hydrogen-bond donors (Lipinski definition) is 3. The summed E-state index contributed by atoms with van der Waals surface area (Å²) in [6, 6.07) is 7.25. The zero-order valence-electron chi connectivity index (χ0n) is 13.6. The Labute approximate surface area is 157 Å². The first-order valence-corrected chi connectivity index (χ1v) is 8.48. The average Bonchev–Trinajstić information content (AvgIpc) is 2.57. The van der Waals surface area contributed by atoms with Crippen molar-refractivity contribution in [1.29, 1.82) is 0 Å². The van der Waals surface area contributed by atoms with Crippen molar-refractivity contribution in [2.45, 2.75) is 20.0 Å². The highest BCUT2D eigenvalue weighted by Gasteiger charge is 2.18. The predicted molar refractivity (Wildman–Crippen MR) is 98.6 cm³/mol. The molecule has 0 aliphatic carbocycles. The van der Waals surface area contributed by atoms with Gasteiger partial charge in [0.1, 0.15) is 6.10 Å². The number of nitrogens with one attached hydrogen (secondary N) is 2. The first-order valence-electron chi connectivity index (χ1n) is 7.41. The molecule has 0 aromatic heterocycles. The van der Waals surface area contributed by atoms with E-state index in [1.807, 2.05) is 19.1 Å². The van der Waals surface area contributed by atoms with Crippen LogP contribution in [0, 0.1) is 22.1 Å². The summed E-state index contributed by atoms with van der Waals surface area (Å²) < 4.78 is 28.3. The molecular formula is C17H17F2IN2O3. The Bertz CT molecular complexity index is 787. The van der Waals surface area contributed by atoms with Gasteiger partial charge in [-0.15, -0.1) is 0 Å². The highest BCUT2D eigenvalue weighted by atomic mass is 127. The number of carbonyl (C=O) groups excluding carboxylic acids is 1. The van der Waals surface area contributed by atoms with Gasteiger partial charge in [-0.1, -0.05) is 0 Å². The molecule has 8 heteroatoms. The maximum atomic E-state index is 13.6. The van der Waals surface area contributed by atoms with Crippen LogP contribution in [0.5, 0.6) is 0 Å². The molecule has 3 N–H and O–H groups in total. The van der Waals surface area contributed by atoms with Crippen LogP contribution in [0.2, 0.25) is 0 Å². The Morgan fingerprint density at radius 2 is 1.92 bits per heavy atom. The van der Waals surface area contributed by atoms with E-state index < -0.39 is 23.6 Å². The Morgan fingerprint density at radius 1 is 1.24 bits per heavy atom. The number of anilines is 2. The zero-order chi connectivity index (χ0) is 18.6. The number of amides is 1. The molecular weight excluding hydrogens is 445 g/mol. The van der Waals surface area contributed by atoms with Crippen LogP contribution in [0.1, 0.15) is 22.8 Å². The smallest absolute Gasteiger partial charge is 0.277 e. The van der Waals surface area contributed by atoms with Crippen molar-refractivity contribution in [3.8, 4) is 0 Å². The van der Waals surface area contributed by atoms with Gasteiger partial charge in [0.2, 0.25) is 0 Å². The molecule has 0 bridgehead atoms. The Morgan fingerprint density at radius 3 is 2.56 bits per heavy atom. The molecule has 0 radical (unpaired) electrons. The summed E-state index contributed by atoms with van der Waals surface area (Å²) >= 11 is 2.16. The molecule has 0 fully saturated rings. The topological polar surface area (TPSA) is 70.6 Å². The van der Waals surface area contributed by atoms with Gasteiger partial charge in [-0.25, -0.2) is 14.3 Å². The van der Waals surface area contributed by atoms with E-state index in [1.165, 1.54) is 0 Å². The number of hydrogen-bond acceptors (Lipinski definition) is 4. The van der Waals surface area contributed by atoms with Gasteiger partial charge in [0, 0.05) is 15.3 Å². The molecule has 0 heterocycles. The van der Waals surface area contributed by atoms with Crippen LogP contribution in [0.25, 0.3) is 0 Å². The van der Waals surface area contributed by atoms with E-state index in [0.29, 0.717) is 5.69 Å². The molecule has 0 aliphatic rings. The lowest BCUT2D eigenvalue weighted by Crippen LogP contribution is -2.30. The number of aryl methyl sites for hydroxylation is 1. The Balaban J connectivity index is 2.33. The first kappa shape index (κ1) is 19.5. The minimum absolute atomic E-state index is 0.0981. The summed E-state index contributed by atoms with van der Waals surface area (Å²) in [5.41, 5.74) is 3.63. The molecule has 2 rings (SSSR count). The Hall–Kier alpha value is -1.78. The highest BCUT2D eigenvalue weighted by molar-refractivity contribution is 14.1. The van der Waals surface area contributed by atoms with Crippen molar-refractivity contribution in [3.63, 3.8) is 0 Å². The van der Waals surface area contributed by atoms with Crippen molar-refractivity contribution in [3.05, 3.63) is 56.7 Å². The number of aliphatic hydroxyl groups is 1. The van der Waals surface area contributed by atoms with E-state index in [9.17, 15) is 13.6 Å². The quantitative estimate of drug-likeness (QED) is 0.453. The summed E-state index contributed by atoms with van der Waals surface area (Å²) in [5.74, 6) is -2.98. The number of carbonyl (C=O) groups is 1. The molecule has 0 saturated heterocycles. The zero-order valence-corrected chi connectivity index (χ0v) is 15.7. The van der Waals surface area contributed by atoms with Crippen LogP contribution in [0.4, 0.5) is 20.2 Å². The van der Waals surface area contributed by atoms with E-state index >= 15 is 0 Å². The van der Waals surface area contributed by atoms with Crippen LogP contribution in [0.15, 0.2) is 30.3 Å². The van der Waals surface area contributed by atoms with Gasteiger partial charge >= 0.3 is 0 Å². The standard InChI is InChI=1S/C17H17F2IN2O3/c1-9-5-11(20)3-4-15(9)21-16-7-14(19)13(18)6-12(16)17(24)22-25-10(2)8-23/h3-7,10,21,23H,8H2,1-2H3,(H,22,24). The van der Waals surface area contributed by atoms with Crippen LogP contribution < -0.4 is 10.8 Å². The maximum Gasteiger partial charge on any atom is 0.277 e. The van der Waals surface area contributed by atoms with Crippen molar-refractivity contribution in [2.75, 3.05) is 11.9 Å². The molecule has 1 amide bonds. The molecule has 25 heavy (non-hydrogen) atoms. The molecule has 0 spiro atoms. The fraction of sp³-hybridized carbons (Fsp3) is 0.235. The van der Waals surface area contributed by atoms with Crippen LogP contribution >= 0.6 is 22.6 Å². The third-order valence-corrected chi connectivity index (χ3v) is 4.04. The van der Waals surface area contributed by atoms with E-state index in [2.05, 4.69) is 33.4 Å². The van der Waals surface area contributed by atoms with Gasteiger partial charge < -0.3 is 10.4 Å². The van der Waals surface area contributed by atoms with Crippen LogP contribution in [-0.2, 0) is 4.84 Å². The molecule has 1 unspecified atom stereocenters. The first-order chi connectivity index (χ1) is 11.8. The van der Waals surface area contributed by atoms with E-state index in [4.69, 9.17) is 9.94 Å². The van der Waals surface area contributed by atoms with Gasteiger partial charge in [-0.2, -0.15) is 0 Å². The molecule has 2 aromatic carbocycles. The summed E-state index contributed by atoms with van der Waals surface area (Å²) in [4.78, 5) is 17.2. The fourth-order valence-electron chi connectivity index (χ4n) is 2.00. The summed E-state index contributed by atoms with van der Waals surface area (Å²) in [6.45, 7) is 3.10. The summed E-state index contributed by atoms with van der Waals surface area (Å²) in [5, 5.41) is 11.8. The third-order valence-electron chi connectivity index (χ3n) is 3.37. The van der Waals surface area contributed by atoms with Crippen molar-refractivity contribution in [2.24, 2.45) is 0 Å². The number of rotatable bonds is 6. The monoisotopic (exact) mass is 462 g/mol. The second-order valence-electron chi connectivity index (χ2n) is 5.44. The van der Waals surface area contributed by atoms with E-state index in [0.717, 1.165) is 21.3 Å². The Kier molecular flexibility index (Phi) is 6.68. The molecule has 0 aliphatic heterocycles. The van der Waals surface area contributed by atoms with Gasteiger partial charge in [0.15, 0.2) is 11.6 Å². The van der Waals surface area contributed by atoms with E-state index in [-0.39, 0.29) is 17.9 Å². The molecule has 0 saturated carbocycles. The SMILES string of the molecule is Cc1cc(I)ccc1Nc1cc(F)c(F)cc1C(=O)NOC(C)CO. The molecule has 2 aromatic rings. The fourth-order valence-corrected chi connectivity index (χ4v) is 2.64. The maximum absolute atomic E-state index is 13.6. The summed E-state index contributed by atoms with van der Waals surface area (Å²) in [6.07, 6.45) is -0.635. The van der Waals surface area contributed by atoms with Crippen LogP contribution in [-0.4, -0.2) is 23.7 Å². The normalized spacial score (nSPS) is 11.9. The molecule has 1 atom stereocenters. The van der Waals surface area contributed by atoms with Crippen molar-refractivity contribution >= 4 is 39.9 Å². The minimum Gasteiger partial charge on any atom is -0.394 e. The van der Waals surface area contributed by atoms with Gasteiger partial charge in [0.25, 0.3) is 5.91 Å². The lowest BCUT2D eigenvalue weighted by atomic mass is 10.1. The largest absolute Gasteiger partial charge is 0.394 e. The number of halogens is 3.